The number of nitrogen functional groups attached to an aromatic ring is 1. The van der Waals surface area contributed by atoms with Crippen LogP contribution < -0.4 is 5.73 Å². The van der Waals surface area contributed by atoms with E-state index in [1.165, 1.54) is 6.20 Å². The number of H-pyrrole nitrogens is 1. The van der Waals surface area contributed by atoms with Crippen molar-refractivity contribution in [2.45, 2.75) is 18.9 Å². The number of hydrogen-bond acceptors (Lipinski definition) is 3. The van der Waals surface area contributed by atoms with Gasteiger partial charge in [0.25, 0.3) is 5.91 Å². The van der Waals surface area contributed by atoms with E-state index >= 15 is 0 Å². The first-order valence-corrected chi connectivity index (χ1v) is 4.94. The van der Waals surface area contributed by atoms with E-state index in [1.807, 2.05) is 0 Å². The molecule has 0 saturated heterocycles. The molecule has 1 aromatic rings. The first-order valence-electron chi connectivity index (χ1n) is 4.94. The van der Waals surface area contributed by atoms with Crippen LogP contribution in [0, 0.1) is 0 Å². The number of hydrogen-bond donors (Lipinski definition) is 2. The molecule has 80 valence electrons. The molecule has 5 nitrogen and oxygen atoms in total. The van der Waals surface area contributed by atoms with Gasteiger partial charge in [0.2, 0.25) is 0 Å². The summed E-state index contributed by atoms with van der Waals surface area (Å²) in [6.45, 7) is 4.21. The van der Waals surface area contributed by atoms with Crippen LogP contribution in [0.2, 0.25) is 0 Å². The van der Waals surface area contributed by atoms with Crippen molar-refractivity contribution >= 4 is 11.7 Å². The van der Waals surface area contributed by atoms with Crippen LogP contribution in [0.5, 0.6) is 0 Å². The highest BCUT2D eigenvalue weighted by Crippen LogP contribution is 2.28. The van der Waals surface area contributed by atoms with E-state index in [2.05, 4.69) is 16.8 Å². The summed E-state index contributed by atoms with van der Waals surface area (Å²) in [7, 11) is 0. The van der Waals surface area contributed by atoms with Crippen LogP contribution in [0.3, 0.4) is 0 Å². The van der Waals surface area contributed by atoms with Gasteiger partial charge in [0.1, 0.15) is 11.4 Å². The quantitative estimate of drug-likeness (QED) is 0.715. The normalized spacial score (nSPS) is 14.9. The fourth-order valence-electron chi connectivity index (χ4n) is 1.54. The average Bonchev–Trinajstić information content (AvgIpc) is 2.97. The molecular weight excluding hydrogens is 192 g/mol. The highest BCUT2D eigenvalue weighted by molar-refractivity contribution is 5.98. The third-order valence-corrected chi connectivity index (χ3v) is 2.47. The van der Waals surface area contributed by atoms with Crippen LogP contribution in [0.4, 0.5) is 5.82 Å². The molecule has 0 atom stereocenters. The van der Waals surface area contributed by atoms with Gasteiger partial charge in [-0.15, -0.1) is 6.58 Å². The van der Waals surface area contributed by atoms with Gasteiger partial charge in [-0.3, -0.25) is 9.89 Å². The number of nitrogens with one attached hydrogen (secondary N) is 1. The van der Waals surface area contributed by atoms with Gasteiger partial charge in [0, 0.05) is 12.6 Å². The monoisotopic (exact) mass is 206 g/mol. The predicted molar refractivity (Wildman–Crippen MR) is 57.3 cm³/mol. The summed E-state index contributed by atoms with van der Waals surface area (Å²) in [5, 5.41) is 6.30. The average molecular weight is 206 g/mol. The van der Waals surface area contributed by atoms with E-state index in [-0.39, 0.29) is 5.91 Å². The Labute approximate surface area is 87.9 Å². The molecule has 0 aliphatic heterocycles. The number of aromatic amines is 1. The summed E-state index contributed by atoms with van der Waals surface area (Å²) in [6, 6.07) is 0.352. The molecule has 1 amide bonds. The summed E-state index contributed by atoms with van der Waals surface area (Å²) in [6.07, 6.45) is 5.33. The van der Waals surface area contributed by atoms with Gasteiger partial charge >= 0.3 is 0 Å². The van der Waals surface area contributed by atoms with Crippen molar-refractivity contribution in [3.63, 3.8) is 0 Å². The van der Waals surface area contributed by atoms with E-state index in [1.54, 1.807) is 11.0 Å². The SMILES string of the molecule is C=CCN(C(=O)c1cn[nH]c1N)C1CC1. The van der Waals surface area contributed by atoms with E-state index in [4.69, 9.17) is 5.73 Å². The van der Waals surface area contributed by atoms with Crippen molar-refractivity contribution in [3.8, 4) is 0 Å². The Morgan fingerprint density at radius 3 is 3.00 bits per heavy atom. The molecule has 1 saturated carbocycles. The fourth-order valence-corrected chi connectivity index (χ4v) is 1.54. The lowest BCUT2D eigenvalue weighted by Gasteiger charge is -2.19. The second-order valence-corrected chi connectivity index (χ2v) is 3.67. The second-order valence-electron chi connectivity index (χ2n) is 3.67. The number of rotatable bonds is 4. The number of anilines is 1. The van der Waals surface area contributed by atoms with Crippen LogP contribution in [0.1, 0.15) is 23.2 Å². The largest absolute Gasteiger partial charge is 0.383 e. The van der Waals surface area contributed by atoms with Crippen molar-refractivity contribution < 1.29 is 4.79 Å². The number of nitrogens with zero attached hydrogens (tertiary/aromatic N) is 2. The number of carbonyl (C=O) groups is 1. The standard InChI is InChI=1S/C10H14N4O/c1-2-5-14(7-3-4-7)10(15)8-6-12-13-9(8)11/h2,6-7H,1,3-5H2,(H3,11,12,13). The minimum absolute atomic E-state index is 0.0661. The Balaban J connectivity index is 2.17. The van der Waals surface area contributed by atoms with Gasteiger partial charge in [-0.2, -0.15) is 5.10 Å². The first-order chi connectivity index (χ1) is 7.24. The minimum Gasteiger partial charge on any atom is -0.383 e. The van der Waals surface area contributed by atoms with Crippen LogP contribution in [0.15, 0.2) is 18.9 Å². The molecule has 0 unspecified atom stereocenters. The molecule has 1 fully saturated rings. The lowest BCUT2D eigenvalue weighted by atomic mass is 10.2. The van der Waals surface area contributed by atoms with Gasteiger partial charge in [0.05, 0.1) is 6.20 Å². The molecule has 15 heavy (non-hydrogen) atoms. The van der Waals surface area contributed by atoms with Crippen molar-refractivity contribution in [2.75, 3.05) is 12.3 Å². The van der Waals surface area contributed by atoms with Crippen LogP contribution in [-0.2, 0) is 0 Å². The number of amides is 1. The molecule has 0 bridgehead atoms. The first kappa shape index (κ1) is 9.76. The zero-order valence-electron chi connectivity index (χ0n) is 8.44. The number of aromatic nitrogens is 2. The van der Waals surface area contributed by atoms with Crippen molar-refractivity contribution in [2.24, 2.45) is 0 Å². The van der Waals surface area contributed by atoms with Crippen LogP contribution >= 0.6 is 0 Å². The zero-order chi connectivity index (χ0) is 10.8. The molecule has 0 aromatic carbocycles. The summed E-state index contributed by atoms with van der Waals surface area (Å²) in [5.74, 6) is 0.262. The van der Waals surface area contributed by atoms with Crippen molar-refractivity contribution in [1.29, 1.82) is 0 Å². The molecule has 1 heterocycles. The van der Waals surface area contributed by atoms with E-state index in [9.17, 15) is 4.79 Å². The molecular formula is C10H14N4O. The second kappa shape index (κ2) is 3.76. The lowest BCUT2D eigenvalue weighted by Crippen LogP contribution is -2.33. The minimum atomic E-state index is -0.0661. The molecule has 5 heteroatoms. The summed E-state index contributed by atoms with van der Waals surface area (Å²) in [5.41, 5.74) is 6.05. The summed E-state index contributed by atoms with van der Waals surface area (Å²) in [4.78, 5) is 13.8. The van der Waals surface area contributed by atoms with E-state index in [0.29, 0.717) is 24.0 Å². The highest BCUT2D eigenvalue weighted by Gasteiger charge is 2.33. The maximum absolute atomic E-state index is 12.0. The topological polar surface area (TPSA) is 75.0 Å². The van der Waals surface area contributed by atoms with Gasteiger partial charge in [0.15, 0.2) is 0 Å². The zero-order valence-corrected chi connectivity index (χ0v) is 8.44. The summed E-state index contributed by atoms with van der Waals surface area (Å²) < 4.78 is 0. The molecule has 2 rings (SSSR count). The van der Waals surface area contributed by atoms with E-state index < -0.39 is 0 Å². The Kier molecular flexibility index (Phi) is 2.45. The smallest absolute Gasteiger partial charge is 0.259 e. The van der Waals surface area contributed by atoms with Crippen molar-refractivity contribution in [1.82, 2.24) is 15.1 Å². The molecule has 1 aliphatic carbocycles. The van der Waals surface area contributed by atoms with Gasteiger partial charge in [-0.1, -0.05) is 6.08 Å². The van der Waals surface area contributed by atoms with Crippen molar-refractivity contribution in [3.05, 3.63) is 24.4 Å². The lowest BCUT2D eigenvalue weighted by molar-refractivity contribution is 0.0764. The van der Waals surface area contributed by atoms with Gasteiger partial charge in [-0.25, -0.2) is 0 Å². The molecule has 1 aromatic heterocycles. The number of nitrogens with two attached hydrogens (primary N) is 1. The molecule has 3 N–H and O–H groups in total. The third-order valence-electron chi connectivity index (χ3n) is 2.47. The van der Waals surface area contributed by atoms with E-state index in [0.717, 1.165) is 12.8 Å². The Hall–Kier alpha value is -1.78. The fraction of sp³-hybridized carbons (Fsp3) is 0.400. The number of carbonyl (C=O) groups excluding carboxylic acids is 1. The Bertz CT molecular complexity index is 381. The molecule has 1 aliphatic rings. The van der Waals surface area contributed by atoms with Gasteiger partial charge in [-0.05, 0) is 12.8 Å². The maximum atomic E-state index is 12.0. The maximum Gasteiger partial charge on any atom is 0.259 e. The Morgan fingerprint density at radius 1 is 1.80 bits per heavy atom. The summed E-state index contributed by atoms with van der Waals surface area (Å²) >= 11 is 0. The third kappa shape index (κ3) is 1.86. The van der Waals surface area contributed by atoms with Crippen LogP contribution in [-0.4, -0.2) is 33.6 Å². The van der Waals surface area contributed by atoms with Crippen LogP contribution in [0.25, 0.3) is 0 Å². The predicted octanol–water partition coefficient (Wildman–Crippen LogP) is 0.782. The molecule has 0 radical (unpaired) electrons. The Morgan fingerprint density at radius 2 is 2.53 bits per heavy atom. The highest BCUT2D eigenvalue weighted by atomic mass is 16.2. The molecule has 0 spiro atoms. The van der Waals surface area contributed by atoms with Gasteiger partial charge < -0.3 is 10.6 Å².